The molecule has 0 saturated heterocycles. The van der Waals surface area contributed by atoms with Crippen molar-refractivity contribution in [2.24, 2.45) is 5.92 Å². The van der Waals surface area contributed by atoms with Crippen LogP contribution in [0.15, 0.2) is 99.1 Å². The van der Waals surface area contributed by atoms with Gasteiger partial charge >= 0.3 is 5.69 Å². The first-order chi connectivity index (χ1) is 20.3. The van der Waals surface area contributed by atoms with Crippen molar-refractivity contribution in [1.29, 1.82) is 0 Å². The molecule has 0 unspecified atom stereocenters. The quantitative estimate of drug-likeness (QED) is 0.233. The van der Waals surface area contributed by atoms with E-state index >= 15 is 0 Å². The summed E-state index contributed by atoms with van der Waals surface area (Å²) >= 11 is 6.48. The zero-order valence-corrected chi connectivity index (χ0v) is 23.8. The molecule has 4 aromatic rings. The van der Waals surface area contributed by atoms with Gasteiger partial charge in [-0.05, 0) is 67.6 Å². The lowest BCUT2D eigenvalue weighted by atomic mass is 9.88. The molecule has 0 aliphatic heterocycles. The summed E-state index contributed by atoms with van der Waals surface area (Å²) in [5.74, 6) is 0.333. The van der Waals surface area contributed by atoms with Crippen molar-refractivity contribution in [3.05, 3.63) is 121 Å². The van der Waals surface area contributed by atoms with E-state index in [9.17, 15) is 18.8 Å². The number of halogens is 2. The highest BCUT2D eigenvalue weighted by molar-refractivity contribution is 6.31. The van der Waals surface area contributed by atoms with E-state index in [4.69, 9.17) is 16.3 Å². The number of rotatable bonds is 8. The molecule has 10 heteroatoms. The third kappa shape index (κ3) is 6.69. The Morgan fingerprint density at radius 1 is 1.12 bits per heavy atom. The lowest BCUT2D eigenvalue weighted by molar-refractivity contribution is 0.343. The number of pyridine rings is 2. The van der Waals surface area contributed by atoms with E-state index in [-0.39, 0.29) is 23.6 Å². The van der Waals surface area contributed by atoms with Crippen LogP contribution in [0.3, 0.4) is 0 Å². The Balaban J connectivity index is 1.56. The van der Waals surface area contributed by atoms with Gasteiger partial charge in [0.2, 0.25) is 0 Å². The van der Waals surface area contributed by atoms with Crippen molar-refractivity contribution in [3.63, 3.8) is 0 Å². The Bertz CT molecular complexity index is 1820. The third-order valence-corrected chi connectivity index (χ3v) is 7.51. The fraction of sp³-hybridized carbons (Fsp3) is 0.250. The van der Waals surface area contributed by atoms with Crippen molar-refractivity contribution in [2.45, 2.75) is 39.0 Å². The fourth-order valence-electron chi connectivity index (χ4n) is 5.18. The molecule has 1 aliphatic rings. The Labute approximate surface area is 246 Å². The summed E-state index contributed by atoms with van der Waals surface area (Å²) < 4.78 is 22.2. The number of hydrogen-bond acceptors (Lipinski definition) is 5. The number of hydrogen-bond donors (Lipinski definition) is 2. The Kier molecular flexibility index (Phi) is 8.97. The van der Waals surface area contributed by atoms with Gasteiger partial charge in [0, 0.05) is 40.3 Å². The van der Waals surface area contributed by atoms with Crippen molar-refractivity contribution in [1.82, 2.24) is 19.5 Å². The van der Waals surface area contributed by atoms with Gasteiger partial charge in [-0.15, -0.1) is 0 Å². The smallest absolute Gasteiger partial charge is 0.325 e. The minimum absolute atomic E-state index is 0.000826. The SMILES string of the molecule is C/C=C(F)\C(=C/C1CCCCC1)COc1cc(Cl)cc(-c2cc(-c3c[nH]c(=O)[nH]c3=O)cn(-c3cccnc3)c2=O)c1. The summed E-state index contributed by atoms with van der Waals surface area (Å²) in [5.41, 5.74) is 0.505. The number of H-pyrrole nitrogens is 2. The predicted octanol–water partition coefficient (Wildman–Crippen LogP) is 6.36. The largest absolute Gasteiger partial charge is 0.489 e. The molecule has 5 rings (SSSR count). The normalized spacial score (nSPS) is 14.6. The van der Waals surface area contributed by atoms with Gasteiger partial charge in [-0.25, -0.2) is 9.18 Å². The van der Waals surface area contributed by atoms with Gasteiger partial charge in [0.15, 0.2) is 0 Å². The second kappa shape index (κ2) is 13.0. The first-order valence-electron chi connectivity index (χ1n) is 13.8. The van der Waals surface area contributed by atoms with Crippen LogP contribution in [0.1, 0.15) is 39.0 Å². The lowest BCUT2D eigenvalue weighted by Gasteiger charge is -2.20. The number of aromatic amines is 2. The number of nitrogens with one attached hydrogen (secondary N) is 2. The van der Waals surface area contributed by atoms with Crippen LogP contribution >= 0.6 is 11.6 Å². The highest BCUT2D eigenvalue weighted by atomic mass is 35.5. The summed E-state index contributed by atoms with van der Waals surface area (Å²) in [5, 5.41) is 0.312. The first-order valence-corrected chi connectivity index (χ1v) is 14.2. The minimum Gasteiger partial charge on any atom is -0.489 e. The van der Waals surface area contributed by atoms with Crippen LogP contribution in [0.5, 0.6) is 5.75 Å². The second-order valence-electron chi connectivity index (χ2n) is 10.2. The summed E-state index contributed by atoms with van der Waals surface area (Å²) in [6.45, 7) is 1.65. The molecule has 42 heavy (non-hydrogen) atoms. The van der Waals surface area contributed by atoms with E-state index < -0.39 is 16.8 Å². The third-order valence-electron chi connectivity index (χ3n) is 7.30. The monoisotopic (exact) mass is 588 g/mol. The van der Waals surface area contributed by atoms with Gasteiger partial charge in [0.25, 0.3) is 11.1 Å². The molecule has 0 atom stereocenters. The molecule has 1 saturated carbocycles. The molecule has 1 aliphatic carbocycles. The van der Waals surface area contributed by atoms with Crippen molar-refractivity contribution >= 4 is 11.6 Å². The maximum Gasteiger partial charge on any atom is 0.325 e. The molecule has 1 fully saturated rings. The summed E-state index contributed by atoms with van der Waals surface area (Å²) in [6.07, 6.45) is 14.8. The minimum atomic E-state index is -0.646. The topological polar surface area (TPSA) is 110 Å². The molecule has 8 nitrogen and oxygen atoms in total. The maximum absolute atomic E-state index is 14.8. The van der Waals surface area contributed by atoms with Crippen LogP contribution in [0.4, 0.5) is 4.39 Å². The predicted molar refractivity (Wildman–Crippen MR) is 162 cm³/mol. The van der Waals surface area contributed by atoms with Crippen molar-refractivity contribution in [3.8, 4) is 33.7 Å². The number of ether oxygens (including phenoxy) is 1. The number of allylic oxidation sites excluding steroid dienone is 2. The highest BCUT2D eigenvalue weighted by Crippen LogP contribution is 2.31. The summed E-state index contributed by atoms with van der Waals surface area (Å²) in [7, 11) is 0. The van der Waals surface area contributed by atoms with Gasteiger partial charge in [-0.3, -0.25) is 24.1 Å². The molecule has 3 heterocycles. The number of benzene rings is 1. The lowest BCUT2D eigenvalue weighted by Crippen LogP contribution is -2.24. The molecule has 216 valence electrons. The Morgan fingerprint density at radius 3 is 2.64 bits per heavy atom. The molecule has 0 spiro atoms. The number of aromatic nitrogens is 4. The highest BCUT2D eigenvalue weighted by Gasteiger charge is 2.17. The molecule has 1 aromatic carbocycles. The standard InChI is InChI=1S/C32H30ClFN4O4/c1-2-29(34)23(11-20-7-4-3-5-8-20)19-42-26-13-21(12-24(33)15-26)27-14-22(28-17-36-32(41)37-30(28)39)18-38(31(27)40)25-9-6-10-35-16-25/h2,6,9-18,20H,3-5,7-8,19H2,1H3,(H2,36,37,39,41)/b23-11-,29-2+. The van der Waals surface area contributed by atoms with Gasteiger partial charge < -0.3 is 9.72 Å². The van der Waals surface area contributed by atoms with Gasteiger partial charge in [0.05, 0.1) is 17.4 Å². The summed E-state index contributed by atoms with van der Waals surface area (Å²) in [4.78, 5) is 46.8. The van der Waals surface area contributed by atoms with E-state index in [2.05, 4.69) is 15.0 Å². The van der Waals surface area contributed by atoms with Gasteiger partial charge in [-0.2, -0.15) is 0 Å². The van der Waals surface area contributed by atoms with Gasteiger partial charge in [0.1, 0.15) is 18.2 Å². The molecule has 0 amide bonds. The maximum atomic E-state index is 14.8. The van der Waals surface area contributed by atoms with Crippen molar-refractivity contribution < 1.29 is 9.13 Å². The van der Waals surface area contributed by atoms with E-state index in [0.717, 1.165) is 25.7 Å². The van der Waals surface area contributed by atoms with E-state index in [1.165, 1.54) is 35.7 Å². The van der Waals surface area contributed by atoms with E-state index in [1.807, 2.05) is 6.08 Å². The van der Waals surface area contributed by atoms with Crippen LogP contribution in [-0.4, -0.2) is 26.1 Å². The summed E-state index contributed by atoms with van der Waals surface area (Å²) in [6, 6.07) is 9.83. The second-order valence-corrected chi connectivity index (χ2v) is 10.6. The zero-order valence-electron chi connectivity index (χ0n) is 23.0. The van der Waals surface area contributed by atoms with E-state index in [1.54, 1.807) is 49.5 Å². The molecular formula is C32H30ClFN4O4. The molecule has 3 aromatic heterocycles. The van der Waals surface area contributed by atoms with Crippen LogP contribution in [-0.2, 0) is 0 Å². The molecule has 0 bridgehead atoms. The average Bonchev–Trinajstić information content (AvgIpc) is 3.00. The van der Waals surface area contributed by atoms with Gasteiger partial charge in [-0.1, -0.05) is 43.0 Å². The van der Waals surface area contributed by atoms with Crippen LogP contribution in [0, 0.1) is 5.92 Å². The fourth-order valence-corrected chi connectivity index (χ4v) is 5.40. The van der Waals surface area contributed by atoms with Crippen LogP contribution < -0.4 is 21.5 Å². The molecule has 2 N–H and O–H groups in total. The van der Waals surface area contributed by atoms with Crippen LogP contribution in [0.25, 0.3) is 27.9 Å². The Morgan fingerprint density at radius 2 is 1.93 bits per heavy atom. The average molecular weight is 589 g/mol. The zero-order chi connectivity index (χ0) is 29.6. The first kappa shape index (κ1) is 29.0. The van der Waals surface area contributed by atoms with Crippen LogP contribution in [0.2, 0.25) is 5.02 Å². The molecule has 0 radical (unpaired) electrons. The number of nitrogens with zero attached hydrogens (tertiary/aromatic N) is 2. The Hall–Kier alpha value is -4.50. The van der Waals surface area contributed by atoms with Crippen molar-refractivity contribution in [2.75, 3.05) is 6.61 Å². The van der Waals surface area contributed by atoms with E-state index in [0.29, 0.717) is 39.1 Å². The molecular weight excluding hydrogens is 559 g/mol.